The van der Waals surface area contributed by atoms with Crippen LogP contribution in [-0.2, 0) is 0 Å². The summed E-state index contributed by atoms with van der Waals surface area (Å²) < 4.78 is 25.6. The predicted octanol–water partition coefficient (Wildman–Crippen LogP) is 5.92. The molecule has 0 aromatic heterocycles. The van der Waals surface area contributed by atoms with Gasteiger partial charge in [0.15, 0.2) is 11.6 Å². The highest BCUT2D eigenvalue weighted by Crippen LogP contribution is 2.26. The van der Waals surface area contributed by atoms with E-state index in [1.54, 1.807) is 19.2 Å². The fourth-order valence-electron chi connectivity index (χ4n) is 2.79. The number of hydrogen-bond acceptors (Lipinski definition) is 6. The van der Waals surface area contributed by atoms with Gasteiger partial charge < -0.3 is 11.1 Å². The zero-order valence-corrected chi connectivity index (χ0v) is 20.6. The first-order valence-electron chi connectivity index (χ1n) is 10.4. The number of piperidine rings is 1. The molecule has 0 aliphatic carbocycles. The lowest BCUT2D eigenvalue weighted by molar-refractivity contribution is 0.381. The number of hydrazone groups is 2. The first kappa shape index (κ1) is 27.9. The van der Waals surface area contributed by atoms with Crippen molar-refractivity contribution in [3.63, 3.8) is 0 Å². The van der Waals surface area contributed by atoms with Crippen molar-refractivity contribution >= 4 is 34.6 Å². The number of nitrogens with zero attached hydrogens (tertiary/aromatic N) is 3. The van der Waals surface area contributed by atoms with Gasteiger partial charge in [-0.25, -0.2) is 8.78 Å². The van der Waals surface area contributed by atoms with Gasteiger partial charge in [0, 0.05) is 7.05 Å². The Kier molecular flexibility index (Phi) is 12.9. The SMILES string of the molecule is C=C(N)/C1=N/N(C)\N=C/C(Cl)=C/C=C(\C)S1.CC.Fc1ccc(C2CCNCC2)cc1F. The van der Waals surface area contributed by atoms with E-state index in [0.29, 0.717) is 21.7 Å². The summed E-state index contributed by atoms with van der Waals surface area (Å²) >= 11 is 7.31. The molecule has 0 bridgehead atoms. The average Bonchev–Trinajstić information content (AvgIpc) is 2.79. The molecule has 3 rings (SSSR count). The maximum atomic E-state index is 12.9. The second kappa shape index (κ2) is 14.8. The maximum absolute atomic E-state index is 12.9. The molecule has 0 amide bonds. The van der Waals surface area contributed by atoms with Gasteiger partial charge in [0.1, 0.15) is 5.04 Å². The molecule has 2 aliphatic rings. The van der Waals surface area contributed by atoms with E-state index in [-0.39, 0.29) is 0 Å². The summed E-state index contributed by atoms with van der Waals surface area (Å²) in [4.78, 5) is 1.02. The standard InChI is InChI=1S/C11H13F2N.C10H13ClN4S.C2H6/c12-10-2-1-9(7-11(10)13)8-3-5-14-6-4-8;1-7-4-5-9(11)6-13-15(3)14-10(16-7)8(2)12;1-2/h1-2,7-8,14H,3-6H2;4-6H,2,12H2,1,3H3;1-2H3/b;7-4+,9-5-,13-6-,14-10-;. The lowest BCUT2D eigenvalue weighted by atomic mass is 9.90. The summed E-state index contributed by atoms with van der Waals surface area (Å²) in [5.41, 5.74) is 6.97. The van der Waals surface area contributed by atoms with Crippen molar-refractivity contribution < 1.29 is 8.78 Å². The number of thioether (sulfide) groups is 1. The molecule has 0 saturated carbocycles. The van der Waals surface area contributed by atoms with Gasteiger partial charge in [-0.1, -0.05) is 55.9 Å². The van der Waals surface area contributed by atoms with Crippen LogP contribution in [0, 0.1) is 11.6 Å². The normalized spacial score (nSPS) is 22.8. The summed E-state index contributed by atoms with van der Waals surface area (Å²) in [7, 11) is 1.70. The van der Waals surface area contributed by atoms with Crippen molar-refractivity contribution in [2.75, 3.05) is 20.1 Å². The molecule has 9 heteroatoms. The van der Waals surface area contributed by atoms with Crippen molar-refractivity contribution in [1.82, 2.24) is 10.4 Å². The molecule has 1 saturated heterocycles. The topological polar surface area (TPSA) is 66.0 Å². The molecular weight excluding hydrogens is 452 g/mol. The fourth-order valence-corrected chi connectivity index (χ4v) is 3.63. The van der Waals surface area contributed by atoms with E-state index in [4.69, 9.17) is 17.3 Å². The number of hydrogen-bond donors (Lipinski definition) is 2. The van der Waals surface area contributed by atoms with Gasteiger partial charge in [-0.2, -0.15) is 10.2 Å². The number of nitrogens with one attached hydrogen (secondary N) is 1. The van der Waals surface area contributed by atoms with Crippen LogP contribution < -0.4 is 11.1 Å². The number of rotatable bonds is 2. The Bertz CT molecular complexity index is 877. The highest BCUT2D eigenvalue weighted by molar-refractivity contribution is 8.17. The van der Waals surface area contributed by atoms with Gasteiger partial charge in [0.2, 0.25) is 0 Å². The molecule has 1 fully saturated rings. The zero-order chi connectivity index (χ0) is 24.1. The number of halogens is 3. The van der Waals surface area contributed by atoms with Crippen molar-refractivity contribution in [2.24, 2.45) is 15.9 Å². The number of benzene rings is 1. The molecule has 32 heavy (non-hydrogen) atoms. The van der Waals surface area contributed by atoms with Crippen molar-refractivity contribution in [1.29, 1.82) is 0 Å². The van der Waals surface area contributed by atoms with E-state index in [1.807, 2.05) is 26.8 Å². The summed E-state index contributed by atoms with van der Waals surface area (Å²) in [5.74, 6) is -1.12. The molecule has 0 spiro atoms. The van der Waals surface area contributed by atoms with Gasteiger partial charge in [-0.05, 0) is 67.5 Å². The lowest BCUT2D eigenvalue weighted by Crippen LogP contribution is -2.26. The molecule has 1 aromatic carbocycles. The van der Waals surface area contributed by atoms with Crippen LogP contribution in [0.3, 0.4) is 0 Å². The lowest BCUT2D eigenvalue weighted by Gasteiger charge is -2.22. The summed E-state index contributed by atoms with van der Waals surface area (Å²) in [5, 5.41) is 14.0. The molecule has 0 radical (unpaired) electrons. The summed E-state index contributed by atoms with van der Waals surface area (Å²) in [6, 6.07) is 4.23. The van der Waals surface area contributed by atoms with Gasteiger partial charge >= 0.3 is 0 Å². The van der Waals surface area contributed by atoms with Crippen LogP contribution in [0.15, 0.2) is 62.8 Å². The van der Waals surface area contributed by atoms with Crippen LogP contribution in [0.25, 0.3) is 0 Å². The Labute approximate surface area is 199 Å². The van der Waals surface area contributed by atoms with Crippen LogP contribution >= 0.6 is 23.4 Å². The number of nitrogens with two attached hydrogens (primary N) is 1. The van der Waals surface area contributed by atoms with E-state index < -0.39 is 11.6 Å². The van der Waals surface area contributed by atoms with Crippen molar-refractivity contribution in [3.8, 4) is 0 Å². The Hall–Kier alpha value is -2.16. The van der Waals surface area contributed by atoms with E-state index in [1.165, 1.54) is 35.2 Å². The highest BCUT2D eigenvalue weighted by atomic mass is 35.5. The van der Waals surface area contributed by atoms with Gasteiger partial charge in [-0.3, -0.25) is 0 Å². The summed E-state index contributed by atoms with van der Waals surface area (Å²) in [6.45, 7) is 11.5. The average molecular weight is 484 g/mol. The van der Waals surface area contributed by atoms with E-state index in [9.17, 15) is 8.78 Å². The minimum absolute atomic E-state index is 0.381. The van der Waals surface area contributed by atoms with Crippen LogP contribution in [0.1, 0.15) is 45.1 Å². The Morgan fingerprint density at radius 3 is 2.47 bits per heavy atom. The van der Waals surface area contributed by atoms with Crippen LogP contribution in [0.5, 0.6) is 0 Å². The van der Waals surface area contributed by atoms with Gasteiger partial charge in [0.25, 0.3) is 0 Å². The molecule has 2 aliphatic heterocycles. The Morgan fingerprint density at radius 1 is 1.22 bits per heavy atom. The molecule has 2 heterocycles. The number of allylic oxidation sites excluding steroid dienone is 4. The fraction of sp³-hybridized carbons (Fsp3) is 0.391. The van der Waals surface area contributed by atoms with Gasteiger partial charge in [-0.15, -0.1) is 5.10 Å². The van der Waals surface area contributed by atoms with Crippen LogP contribution in [0.2, 0.25) is 0 Å². The second-order valence-corrected chi connectivity index (χ2v) is 8.46. The Balaban J connectivity index is 0.000000299. The monoisotopic (exact) mass is 483 g/mol. The van der Waals surface area contributed by atoms with Crippen LogP contribution in [0.4, 0.5) is 8.78 Å². The van der Waals surface area contributed by atoms with Crippen molar-refractivity contribution in [2.45, 2.75) is 39.5 Å². The molecule has 3 N–H and O–H groups in total. The van der Waals surface area contributed by atoms with Gasteiger partial charge in [0.05, 0.1) is 16.9 Å². The zero-order valence-electron chi connectivity index (χ0n) is 19.0. The van der Waals surface area contributed by atoms with E-state index in [2.05, 4.69) is 22.1 Å². The summed E-state index contributed by atoms with van der Waals surface area (Å²) in [6.07, 6.45) is 7.17. The molecule has 176 valence electrons. The highest BCUT2D eigenvalue weighted by Gasteiger charge is 2.16. The minimum Gasteiger partial charge on any atom is -0.397 e. The first-order valence-corrected chi connectivity index (χ1v) is 11.6. The third-order valence-corrected chi connectivity index (χ3v) is 5.57. The molecule has 0 unspecified atom stereocenters. The van der Waals surface area contributed by atoms with E-state index in [0.717, 1.165) is 36.4 Å². The second-order valence-electron chi connectivity index (χ2n) is 6.79. The molecule has 0 atom stereocenters. The minimum atomic E-state index is -0.761. The third kappa shape index (κ3) is 9.97. The third-order valence-electron chi connectivity index (χ3n) is 4.35. The molecular formula is C23H32ClF2N5S. The van der Waals surface area contributed by atoms with Crippen molar-refractivity contribution in [3.05, 3.63) is 69.8 Å². The van der Waals surface area contributed by atoms with E-state index >= 15 is 0 Å². The molecule has 1 aromatic rings. The van der Waals surface area contributed by atoms with Crippen LogP contribution in [-0.4, -0.2) is 36.5 Å². The maximum Gasteiger partial charge on any atom is 0.159 e. The molecule has 5 nitrogen and oxygen atoms in total. The predicted molar refractivity (Wildman–Crippen MR) is 135 cm³/mol. The Morgan fingerprint density at radius 2 is 1.88 bits per heavy atom. The largest absolute Gasteiger partial charge is 0.397 e. The quantitative estimate of drug-likeness (QED) is 0.547. The smallest absolute Gasteiger partial charge is 0.159 e. The first-order chi connectivity index (χ1) is 15.3.